The largest absolute Gasteiger partial charge is 0.466 e. The molecule has 0 saturated heterocycles. The van der Waals surface area contributed by atoms with Crippen LogP contribution < -0.4 is 0 Å². The number of carbonyl (C=O) groups is 1. The van der Waals surface area contributed by atoms with Gasteiger partial charge in [0.15, 0.2) is 0 Å². The van der Waals surface area contributed by atoms with E-state index in [-0.39, 0.29) is 12.4 Å². The molecule has 1 aliphatic rings. The number of hydrogen-bond acceptors (Lipinski definition) is 3. The Kier molecular flexibility index (Phi) is 2.78. The summed E-state index contributed by atoms with van der Waals surface area (Å²) in [6.07, 6.45) is 6.85. The predicted molar refractivity (Wildman–Crippen MR) is 67.5 cm³/mol. The molecular formula is C14H16N2O2. The van der Waals surface area contributed by atoms with E-state index >= 15 is 0 Å². The Morgan fingerprint density at radius 1 is 1.44 bits per heavy atom. The minimum absolute atomic E-state index is 0.219. The Hall–Kier alpha value is -1.84. The van der Waals surface area contributed by atoms with Crippen LogP contribution in [0.4, 0.5) is 0 Å². The van der Waals surface area contributed by atoms with Gasteiger partial charge in [0.25, 0.3) is 0 Å². The molecule has 0 aliphatic heterocycles. The lowest BCUT2D eigenvalue weighted by Gasteiger charge is -1.98. The average molecular weight is 244 g/mol. The smallest absolute Gasteiger partial charge is 0.311 e. The van der Waals surface area contributed by atoms with Gasteiger partial charge in [-0.1, -0.05) is 6.07 Å². The maximum absolute atomic E-state index is 11.4. The molecule has 0 spiro atoms. The molecule has 1 saturated carbocycles. The molecule has 0 unspecified atom stereocenters. The Morgan fingerprint density at radius 3 is 3.00 bits per heavy atom. The maximum atomic E-state index is 11.4. The summed E-state index contributed by atoms with van der Waals surface area (Å²) in [6.45, 7) is 2.22. The van der Waals surface area contributed by atoms with Crippen molar-refractivity contribution in [3.63, 3.8) is 0 Å². The van der Waals surface area contributed by atoms with E-state index in [0.717, 1.165) is 17.3 Å². The molecule has 0 atom stereocenters. The second-order valence-corrected chi connectivity index (χ2v) is 4.72. The van der Waals surface area contributed by atoms with Crippen LogP contribution in [0.25, 0.3) is 5.65 Å². The molecule has 0 aromatic carbocycles. The zero-order valence-electron chi connectivity index (χ0n) is 10.4. The zero-order chi connectivity index (χ0) is 12.5. The summed E-state index contributed by atoms with van der Waals surface area (Å²) in [5.41, 5.74) is 3.02. The fourth-order valence-electron chi connectivity index (χ4n) is 2.16. The molecule has 0 radical (unpaired) electrons. The van der Waals surface area contributed by atoms with Crippen LogP contribution in [0.3, 0.4) is 0 Å². The number of nitrogens with zero attached hydrogens (tertiary/aromatic N) is 2. The summed E-state index contributed by atoms with van der Waals surface area (Å²) in [7, 11) is 0. The lowest BCUT2D eigenvalue weighted by molar-refractivity contribution is -0.142. The predicted octanol–water partition coefficient (Wildman–Crippen LogP) is 2.32. The number of ether oxygens (including phenoxy) is 1. The first kappa shape index (κ1) is 11.3. The van der Waals surface area contributed by atoms with E-state index in [1.54, 1.807) is 0 Å². The van der Waals surface area contributed by atoms with Gasteiger partial charge in [0, 0.05) is 12.4 Å². The van der Waals surface area contributed by atoms with Crippen molar-refractivity contribution in [2.75, 3.05) is 6.61 Å². The highest BCUT2D eigenvalue weighted by molar-refractivity contribution is 5.72. The third-order valence-electron chi connectivity index (χ3n) is 3.20. The van der Waals surface area contributed by atoms with Crippen LogP contribution in [-0.4, -0.2) is 22.0 Å². The number of carbonyl (C=O) groups excluding carboxylic acids is 1. The summed E-state index contributed by atoms with van der Waals surface area (Å²) in [4.78, 5) is 15.8. The van der Waals surface area contributed by atoms with E-state index in [1.165, 1.54) is 18.4 Å². The average Bonchev–Trinajstić information content (AvgIpc) is 3.10. The van der Waals surface area contributed by atoms with Crippen molar-refractivity contribution in [1.29, 1.82) is 0 Å². The number of aromatic nitrogens is 2. The van der Waals surface area contributed by atoms with Crippen LogP contribution in [0.2, 0.25) is 0 Å². The van der Waals surface area contributed by atoms with Crippen molar-refractivity contribution in [3.05, 3.63) is 35.8 Å². The first-order valence-corrected chi connectivity index (χ1v) is 6.39. The van der Waals surface area contributed by atoms with Crippen molar-refractivity contribution < 1.29 is 9.53 Å². The second kappa shape index (κ2) is 4.44. The number of hydrogen-bond donors (Lipinski definition) is 0. The van der Waals surface area contributed by atoms with Gasteiger partial charge in [-0.3, -0.25) is 4.79 Å². The van der Waals surface area contributed by atoms with Crippen LogP contribution in [0.5, 0.6) is 0 Å². The molecule has 18 heavy (non-hydrogen) atoms. The number of fused-ring (bicyclic) bond motifs is 1. The third kappa shape index (κ3) is 2.23. The molecule has 4 nitrogen and oxygen atoms in total. The number of esters is 1. The van der Waals surface area contributed by atoms with Crippen LogP contribution >= 0.6 is 0 Å². The van der Waals surface area contributed by atoms with Gasteiger partial charge in [0.05, 0.1) is 18.7 Å². The van der Waals surface area contributed by atoms with E-state index in [9.17, 15) is 4.79 Å². The molecule has 2 aromatic rings. The Labute approximate surface area is 106 Å². The van der Waals surface area contributed by atoms with E-state index in [2.05, 4.69) is 17.2 Å². The fraction of sp³-hybridized carbons (Fsp3) is 0.429. The SMILES string of the molecule is CCOC(=O)Cc1cn2cc(C3CC3)ccc2n1. The number of pyridine rings is 1. The summed E-state index contributed by atoms with van der Waals surface area (Å²) in [6, 6.07) is 4.15. The number of rotatable bonds is 4. The summed E-state index contributed by atoms with van der Waals surface area (Å²) in [5, 5.41) is 0. The maximum Gasteiger partial charge on any atom is 0.311 e. The van der Waals surface area contributed by atoms with Crippen LogP contribution in [0.1, 0.15) is 36.9 Å². The minimum atomic E-state index is -0.219. The lowest BCUT2D eigenvalue weighted by atomic mass is 10.2. The normalized spacial score (nSPS) is 14.9. The van der Waals surface area contributed by atoms with Crippen molar-refractivity contribution in [2.24, 2.45) is 0 Å². The minimum Gasteiger partial charge on any atom is -0.466 e. The van der Waals surface area contributed by atoms with Gasteiger partial charge in [-0.25, -0.2) is 4.98 Å². The Morgan fingerprint density at radius 2 is 2.28 bits per heavy atom. The molecule has 1 aliphatic carbocycles. The van der Waals surface area contributed by atoms with Gasteiger partial charge in [0.2, 0.25) is 0 Å². The molecule has 2 aromatic heterocycles. The summed E-state index contributed by atoms with van der Waals surface area (Å²) >= 11 is 0. The first-order valence-electron chi connectivity index (χ1n) is 6.39. The summed E-state index contributed by atoms with van der Waals surface area (Å²) < 4.78 is 6.93. The van der Waals surface area contributed by atoms with Crippen LogP contribution in [0, 0.1) is 0 Å². The van der Waals surface area contributed by atoms with Crippen molar-refractivity contribution >= 4 is 11.6 Å². The van der Waals surface area contributed by atoms with Gasteiger partial charge >= 0.3 is 5.97 Å². The van der Waals surface area contributed by atoms with Gasteiger partial charge in [-0.05, 0) is 37.3 Å². The Balaban J connectivity index is 1.83. The highest BCUT2D eigenvalue weighted by atomic mass is 16.5. The molecule has 0 bridgehead atoms. The van der Waals surface area contributed by atoms with E-state index in [0.29, 0.717) is 6.61 Å². The highest BCUT2D eigenvalue weighted by Crippen LogP contribution is 2.39. The molecule has 0 N–H and O–H groups in total. The first-order chi connectivity index (χ1) is 8.76. The van der Waals surface area contributed by atoms with E-state index < -0.39 is 0 Å². The van der Waals surface area contributed by atoms with Crippen LogP contribution in [0.15, 0.2) is 24.5 Å². The topological polar surface area (TPSA) is 43.6 Å². The molecule has 2 heterocycles. The zero-order valence-corrected chi connectivity index (χ0v) is 10.4. The second-order valence-electron chi connectivity index (χ2n) is 4.72. The van der Waals surface area contributed by atoms with Crippen LogP contribution in [-0.2, 0) is 16.0 Å². The molecular weight excluding hydrogens is 228 g/mol. The van der Waals surface area contributed by atoms with E-state index in [1.807, 2.05) is 23.6 Å². The summed E-state index contributed by atoms with van der Waals surface area (Å²) in [5.74, 6) is 0.508. The van der Waals surface area contributed by atoms with Crippen molar-refractivity contribution in [2.45, 2.75) is 32.1 Å². The number of imidazole rings is 1. The van der Waals surface area contributed by atoms with Gasteiger partial charge in [-0.2, -0.15) is 0 Å². The molecule has 0 amide bonds. The molecule has 4 heteroatoms. The lowest BCUT2D eigenvalue weighted by Crippen LogP contribution is -2.07. The monoisotopic (exact) mass is 244 g/mol. The fourth-order valence-corrected chi connectivity index (χ4v) is 2.16. The Bertz CT molecular complexity index is 584. The quantitative estimate of drug-likeness (QED) is 0.775. The van der Waals surface area contributed by atoms with Gasteiger partial charge in [-0.15, -0.1) is 0 Å². The standard InChI is InChI=1S/C14H16N2O2/c1-2-18-14(17)7-12-9-16-8-11(10-3-4-10)5-6-13(16)15-12/h5-6,8-10H,2-4,7H2,1H3. The molecule has 1 fully saturated rings. The van der Waals surface area contributed by atoms with Gasteiger partial charge in [0.1, 0.15) is 5.65 Å². The van der Waals surface area contributed by atoms with E-state index in [4.69, 9.17) is 4.74 Å². The van der Waals surface area contributed by atoms with Gasteiger partial charge < -0.3 is 9.14 Å². The molecule has 3 rings (SSSR count). The third-order valence-corrected chi connectivity index (χ3v) is 3.20. The van der Waals surface area contributed by atoms with Crippen molar-refractivity contribution in [3.8, 4) is 0 Å². The van der Waals surface area contributed by atoms with Crippen molar-refractivity contribution in [1.82, 2.24) is 9.38 Å². The highest BCUT2D eigenvalue weighted by Gasteiger charge is 2.23. The molecule has 94 valence electrons.